The number of halogens is 4. The lowest BCUT2D eigenvalue weighted by atomic mass is 10.1. The molecular formula is C25H17BrCl2FN3O4. The first-order chi connectivity index (χ1) is 17.2. The van der Waals surface area contributed by atoms with Gasteiger partial charge < -0.3 is 15.4 Å². The van der Waals surface area contributed by atoms with Gasteiger partial charge in [-0.15, -0.1) is 0 Å². The molecule has 3 aromatic carbocycles. The minimum absolute atomic E-state index is 0.0583. The zero-order valence-corrected chi connectivity index (χ0v) is 21.5. The van der Waals surface area contributed by atoms with Gasteiger partial charge in [0.1, 0.15) is 24.7 Å². The van der Waals surface area contributed by atoms with Crippen molar-refractivity contribution in [3.63, 3.8) is 0 Å². The summed E-state index contributed by atoms with van der Waals surface area (Å²) in [5, 5.41) is 5.17. The SMILES string of the molecule is O=C(CN1C(=O)N/C(=C/c2cc(Cl)c(OCc3ccc(Br)cc3)c(Cl)c2)C1=O)Nc1ccccc1F. The van der Waals surface area contributed by atoms with E-state index in [1.54, 1.807) is 6.07 Å². The molecule has 2 N–H and O–H groups in total. The summed E-state index contributed by atoms with van der Waals surface area (Å²) in [6, 6.07) is 15.4. The van der Waals surface area contributed by atoms with Gasteiger partial charge in [0.25, 0.3) is 5.91 Å². The summed E-state index contributed by atoms with van der Waals surface area (Å²) in [6.07, 6.45) is 1.38. The van der Waals surface area contributed by atoms with Crippen LogP contribution in [0, 0.1) is 5.82 Å². The van der Waals surface area contributed by atoms with Gasteiger partial charge >= 0.3 is 6.03 Å². The number of imide groups is 1. The molecule has 184 valence electrons. The Kier molecular flexibility index (Phi) is 7.93. The van der Waals surface area contributed by atoms with Crippen LogP contribution in [0.15, 0.2) is 70.8 Å². The molecule has 7 nitrogen and oxygen atoms in total. The van der Waals surface area contributed by atoms with Gasteiger partial charge in [-0.25, -0.2) is 14.1 Å². The topological polar surface area (TPSA) is 87.7 Å². The Hall–Kier alpha value is -3.40. The minimum Gasteiger partial charge on any atom is -0.486 e. The molecule has 4 rings (SSSR count). The van der Waals surface area contributed by atoms with E-state index in [0.717, 1.165) is 10.0 Å². The van der Waals surface area contributed by atoms with Gasteiger partial charge in [0.15, 0.2) is 5.75 Å². The maximum Gasteiger partial charge on any atom is 0.329 e. The number of nitrogens with zero attached hydrogens (tertiary/aromatic N) is 1. The lowest BCUT2D eigenvalue weighted by Crippen LogP contribution is -2.38. The molecule has 11 heteroatoms. The Balaban J connectivity index is 1.44. The highest BCUT2D eigenvalue weighted by Crippen LogP contribution is 2.35. The summed E-state index contributed by atoms with van der Waals surface area (Å²) in [6.45, 7) is -0.355. The van der Waals surface area contributed by atoms with Gasteiger partial charge in [-0.1, -0.05) is 63.4 Å². The number of anilines is 1. The van der Waals surface area contributed by atoms with E-state index in [1.807, 2.05) is 24.3 Å². The molecule has 0 radical (unpaired) electrons. The number of hydrogen-bond acceptors (Lipinski definition) is 4. The number of nitrogens with one attached hydrogen (secondary N) is 2. The number of hydrogen-bond donors (Lipinski definition) is 2. The van der Waals surface area contributed by atoms with Gasteiger partial charge in [-0.2, -0.15) is 0 Å². The van der Waals surface area contributed by atoms with Crippen molar-refractivity contribution in [3.05, 3.63) is 97.8 Å². The maximum atomic E-state index is 13.7. The van der Waals surface area contributed by atoms with E-state index in [1.165, 1.54) is 36.4 Å². The fraction of sp³-hybridized carbons (Fsp3) is 0.0800. The molecule has 1 fully saturated rings. The third kappa shape index (κ3) is 6.04. The number of benzene rings is 3. The van der Waals surface area contributed by atoms with E-state index in [4.69, 9.17) is 27.9 Å². The lowest BCUT2D eigenvalue weighted by Gasteiger charge is -2.12. The minimum atomic E-state index is -0.790. The number of carbonyl (C=O) groups is 3. The third-order valence-electron chi connectivity index (χ3n) is 5.04. The normalized spacial score (nSPS) is 14.2. The molecule has 1 aliphatic rings. The van der Waals surface area contributed by atoms with E-state index in [-0.39, 0.29) is 33.8 Å². The van der Waals surface area contributed by atoms with Crippen LogP contribution >= 0.6 is 39.1 Å². The molecule has 4 amide bonds. The van der Waals surface area contributed by atoms with Crippen molar-refractivity contribution in [1.29, 1.82) is 0 Å². The molecular weight excluding hydrogens is 576 g/mol. The van der Waals surface area contributed by atoms with Crippen LogP contribution < -0.4 is 15.4 Å². The van der Waals surface area contributed by atoms with Gasteiger partial charge in [-0.3, -0.25) is 9.59 Å². The molecule has 0 unspecified atom stereocenters. The summed E-state index contributed by atoms with van der Waals surface area (Å²) in [5.74, 6) is -1.83. The van der Waals surface area contributed by atoms with Crippen molar-refractivity contribution in [2.24, 2.45) is 0 Å². The molecule has 1 saturated heterocycles. The van der Waals surface area contributed by atoms with Crippen LogP contribution in [0.2, 0.25) is 10.0 Å². The molecule has 3 aromatic rings. The van der Waals surface area contributed by atoms with Crippen LogP contribution in [-0.2, 0) is 16.2 Å². The summed E-state index contributed by atoms with van der Waals surface area (Å²) in [7, 11) is 0. The molecule has 1 aliphatic heterocycles. The standard InChI is InChI=1S/C25H17BrCl2FN3O4/c26-16-7-5-14(6-8-16)13-36-23-17(27)9-15(10-18(23)28)11-21-24(34)32(25(35)31-21)12-22(33)30-20-4-2-1-3-19(20)29/h1-11H,12-13H2,(H,30,33)(H,31,35)/b21-11+. The largest absolute Gasteiger partial charge is 0.486 e. The Morgan fingerprint density at radius 1 is 1.08 bits per heavy atom. The van der Waals surface area contributed by atoms with Crippen molar-refractivity contribution in [2.75, 3.05) is 11.9 Å². The first-order valence-electron chi connectivity index (χ1n) is 10.5. The second-order valence-corrected chi connectivity index (χ2v) is 9.37. The monoisotopic (exact) mass is 591 g/mol. The Bertz CT molecular complexity index is 1360. The van der Waals surface area contributed by atoms with Crippen LogP contribution in [-0.4, -0.2) is 29.3 Å². The molecule has 0 aliphatic carbocycles. The summed E-state index contributed by atoms with van der Waals surface area (Å²) in [4.78, 5) is 38.0. The molecule has 0 atom stereocenters. The first-order valence-corrected chi connectivity index (χ1v) is 12.0. The Labute approximate surface area is 224 Å². The van der Waals surface area contributed by atoms with Crippen LogP contribution in [0.25, 0.3) is 6.08 Å². The number of ether oxygens (including phenoxy) is 1. The Morgan fingerprint density at radius 2 is 1.75 bits per heavy atom. The zero-order chi connectivity index (χ0) is 25.8. The molecule has 1 heterocycles. The van der Waals surface area contributed by atoms with Gasteiger partial charge in [0.2, 0.25) is 5.91 Å². The highest BCUT2D eigenvalue weighted by Gasteiger charge is 2.35. The van der Waals surface area contributed by atoms with E-state index >= 15 is 0 Å². The van der Waals surface area contributed by atoms with Crippen LogP contribution in [0.5, 0.6) is 5.75 Å². The van der Waals surface area contributed by atoms with Gasteiger partial charge in [-0.05, 0) is 53.6 Å². The quantitative estimate of drug-likeness (QED) is 0.260. The molecule has 36 heavy (non-hydrogen) atoms. The number of amides is 4. The van der Waals surface area contributed by atoms with Gasteiger partial charge in [0.05, 0.1) is 15.7 Å². The number of carbonyl (C=O) groups excluding carboxylic acids is 3. The molecule has 0 saturated carbocycles. The predicted molar refractivity (Wildman–Crippen MR) is 138 cm³/mol. The second-order valence-electron chi connectivity index (χ2n) is 7.64. The highest BCUT2D eigenvalue weighted by molar-refractivity contribution is 9.10. The highest BCUT2D eigenvalue weighted by atomic mass is 79.9. The van der Waals surface area contributed by atoms with Crippen LogP contribution in [0.4, 0.5) is 14.9 Å². The van der Waals surface area contributed by atoms with E-state index in [2.05, 4.69) is 26.6 Å². The molecule has 0 spiro atoms. The van der Waals surface area contributed by atoms with Crippen LogP contribution in [0.1, 0.15) is 11.1 Å². The number of urea groups is 1. The molecule has 0 bridgehead atoms. The van der Waals surface area contributed by atoms with Crippen molar-refractivity contribution in [3.8, 4) is 5.75 Å². The predicted octanol–water partition coefficient (Wildman–Crippen LogP) is 6.01. The second kappa shape index (κ2) is 11.1. The van der Waals surface area contributed by atoms with Gasteiger partial charge in [0, 0.05) is 4.47 Å². The Morgan fingerprint density at radius 3 is 2.42 bits per heavy atom. The average Bonchev–Trinajstić information content (AvgIpc) is 3.08. The van der Waals surface area contributed by atoms with E-state index < -0.39 is 30.2 Å². The molecule has 0 aromatic heterocycles. The smallest absolute Gasteiger partial charge is 0.329 e. The number of para-hydroxylation sites is 1. The maximum absolute atomic E-state index is 13.7. The van der Waals surface area contributed by atoms with Crippen molar-refractivity contribution >= 4 is 68.7 Å². The lowest BCUT2D eigenvalue weighted by molar-refractivity contribution is -0.127. The van der Waals surface area contributed by atoms with Crippen LogP contribution in [0.3, 0.4) is 0 Å². The fourth-order valence-corrected chi connectivity index (χ4v) is 4.19. The third-order valence-corrected chi connectivity index (χ3v) is 6.13. The fourth-order valence-electron chi connectivity index (χ4n) is 3.31. The van der Waals surface area contributed by atoms with E-state index in [9.17, 15) is 18.8 Å². The first kappa shape index (κ1) is 25.7. The summed E-state index contributed by atoms with van der Waals surface area (Å²) < 4.78 is 20.4. The summed E-state index contributed by atoms with van der Waals surface area (Å²) >= 11 is 16.1. The van der Waals surface area contributed by atoms with Crippen molar-refractivity contribution in [2.45, 2.75) is 6.61 Å². The summed E-state index contributed by atoms with van der Waals surface area (Å²) in [5.41, 5.74) is 1.21. The number of rotatable bonds is 7. The van der Waals surface area contributed by atoms with Crippen molar-refractivity contribution < 1.29 is 23.5 Å². The average molecular weight is 593 g/mol. The van der Waals surface area contributed by atoms with Crippen molar-refractivity contribution in [1.82, 2.24) is 10.2 Å². The van der Waals surface area contributed by atoms with E-state index in [0.29, 0.717) is 10.5 Å². The zero-order valence-electron chi connectivity index (χ0n) is 18.4.